The van der Waals surface area contributed by atoms with E-state index < -0.39 is 0 Å². The first-order chi connectivity index (χ1) is 14.6. The zero-order chi connectivity index (χ0) is 20.8. The van der Waals surface area contributed by atoms with Crippen molar-refractivity contribution in [3.05, 3.63) is 83.1 Å². The van der Waals surface area contributed by atoms with Crippen molar-refractivity contribution in [2.45, 2.75) is 19.4 Å². The molecule has 4 aromatic rings. The van der Waals surface area contributed by atoms with Crippen LogP contribution in [0.5, 0.6) is 5.75 Å². The number of hydrogen-bond acceptors (Lipinski definition) is 3. The monoisotopic (exact) mass is 400 g/mol. The fourth-order valence-electron chi connectivity index (χ4n) is 4.44. The molecule has 152 valence electrons. The molecule has 0 fully saturated rings. The topological polar surface area (TPSA) is 63.1 Å². The van der Waals surface area contributed by atoms with E-state index in [1.54, 1.807) is 13.4 Å². The van der Waals surface area contributed by atoms with Crippen LogP contribution >= 0.6 is 0 Å². The predicted molar refractivity (Wildman–Crippen MR) is 116 cm³/mol. The second-order valence-corrected chi connectivity index (χ2v) is 7.84. The maximum absolute atomic E-state index is 13.8. The summed E-state index contributed by atoms with van der Waals surface area (Å²) in [5, 5.41) is 1.08. The highest BCUT2D eigenvalue weighted by Crippen LogP contribution is 2.35. The molecule has 6 heteroatoms. The lowest BCUT2D eigenvalue weighted by molar-refractivity contribution is 0.0681. The van der Waals surface area contributed by atoms with Crippen LogP contribution in [0.3, 0.4) is 0 Å². The van der Waals surface area contributed by atoms with E-state index >= 15 is 0 Å². The summed E-state index contributed by atoms with van der Waals surface area (Å²) >= 11 is 0. The standard InChI is InChI=1S/C24H24N4O2/c1-15-4-9-20-17(12-15)13-21(27(20)2)24(29)28-11-10-19-22(26-14-25-19)23(28)16-5-7-18(30-3)8-6-16/h4-9,12-14,23H,10-11H2,1-3H3,(H,25,26). The van der Waals surface area contributed by atoms with E-state index in [9.17, 15) is 4.79 Å². The van der Waals surface area contributed by atoms with Crippen LogP contribution in [0, 0.1) is 6.92 Å². The van der Waals surface area contributed by atoms with Crippen LogP contribution in [0.1, 0.15) is 39.0 Å². The molecule has 0 saturated heterocycles. The van der Waals surface area contributed by atoms with Gasteiger partial charge in [-0.05, 0) is 42.8 Å². The van der Waals surface area contributed by atoms with E-state index in [1.165, 1.54) is 5.56 Å². The lowest BCUT2D eigenvalue weighted by Crippen LogP contribution is -2.41. The van der Waals surface area contributed by atoms with Gasteiger partial charge in [0, 0.05) is 36.6 Å². The molecule has 2 aromatic carbocycles. The van der Waals surface area contributed by atoms with E-state index in [0.717, 1.165) is 40.0 Å². The van der Waals surface area contributed by atoms with E-state index in [1.807, 2.05) is 46.8 Å². The molecule has 1 amide bonds. The normalized spacial score (nSPS) is 16.0. The van der Waals surface area contributed by atoms with Gasteiger partial charge in [-0.25, -0.2) is 4.98 Å². The van der Waals surface area contributed by atoms with Crippen LogP contribution in [0.25, 0.3) is 10.9 Å². The summed E-state index contributed by atoms with van der Waals surface area (Å²) in [5.41, 5.74) is 5.95. The summed E-state index contributed by atoms with van der Waals surface area (Å²) in [7, 11) is 3.61. The Morgan fingerprint density at radius 1 is 1.17 bits per heavy atom. The number of aromatic nitrogens is 3. The number of benzene rings is 2. The van der Waals surface area contributed by atoms with Gasteiger partial charge in [0.1, 0.15) is 17.5 Å². The Morgan fingerprint density at radius 2 is 1.97 bits per heavy atom. The number of amides is 1. The summed E-state index contributed by atoms with van der Waals surface area (Å²) in [5.74, 6) is 0.805. The quantitative estimate of drug-likeness (QED) is 0.565. The van der Waals surface area contributed by atoms with Crippen molar-refractivity contribution < 1.29 is 9.53 Å². The van der Waals surface area contributed by atoms with Crippen LogP contribution in [0.2, 0.25) is 0 Å². The molecule has 30 heavy (non-hydrogen) atoms. The second kappa shape index (κ2) is 7.06. The summed E-state index contributed by atoms with van der Waals surface area (Å²) in [4.78, 5) is 23.5. The van der Waals surface area contributed by atoms with Gasteiger partial charge in [-0.15, -0.1) is 0 Å². The van der Waals surface area contributed by atoms with Crippen LogP contribution < -0.4 is 4.74 Å². The van der Waals surface area contributed by atoms with Crippen LogP contribution in [0.15, 0.2) is 54.9 Å². The van der Waals surface area contributed by atoms with Gasteiger partial charge in [0.15, 0.2) is 0 Å². The third kappa shape index (κ3) is 2.87. The number of fused-ring (bicyclic) bond motifs is 2. The molecule has 0 bridgehead atoms. The number of aryl methyl sites for hydroxylation is 2. The molecule has 0 spiro atoms. The van der Waals surface area contributed by atoms with Gasteiger partial charge in [-0.3, -0.25) is 4.79 Å². The number of nitrogens with zero attached hydrogens (tertiary/aromatic N) is 3. The number of rotatable bonds is 3. The van der Waals surface area contributed by atoms with Crippen molar-refractivity contribution in [1.29, 1.82) is 0 Å². The molecule has 1 unspecified atom stereocenters. The number of H-pyrrole nitrogens is 1. The lowest BCUT2D eigenvalue weighted by Gasteiger charge is -2.35. The summed E-state index contributed by atoms with van der Waals surface area (Å²) < 4.78 is 7.30. The summed E-state index contributed by atoms with van der Waals surface area (Å²) in [6.45, 7) is 2.70. The van der Waals surface area contributed by atoms with Crippen LogP contribution in [-0.2, 0) is 13.5 Å². The molecule has 6 nitrogen and oxygen atoms in total. The highest BCUT2D eigenvalue weighted by Gasteiger charge is 2.35. The second-order valence-electron chi connectivity index (χ2n) is 7.84. The molecule has 5 rings (SSSR count). The SMILES string of the molecule is COc1ccc(C2c3nc[nH]c3CCN2C(=O)c2cc3cc(C)ccc3n2C)cc1. The minimum Gasteiger partial charge on any atom is -0.497 e. The average molecular weight is 400 g/mol. The first-order valence-electron chi connectivity index (χ1n) is 10.1. The van der Waals surface area contributed by atoms with Gasteiger partial charge >= 0.3 is 0 Å². The molecular weight excluding hydrogens is 376 g/mol. The Morgan fingerprint density at radius 3 is 2.73 bits per heavy atom. The average Bonchev–Trinajstić information content (AvgIpc) is 3.37. The first kappa shape index (κ1) is 18.5. The third-order valence-electron chi connectivity index (χ3n) is 6.03. The van der Waals surface area contributed by atoms with Gasteiger partial charge in [-0.1, -0.05) is 23.8 Å². The first-order valence-corrected chi connectivity index (χ1v) is 10.1. The van der Waals surface area contributed by atoms with Crippen LogP contribution in [0.4, 0.5) is 0 Å². The maximum Gasteiger partial charge on any atom is 0.271 e. The van der Waals surface area contributed by atoms with E-state index in [4.69, 9.17) is 4.74 Å². The maximum atomic E-state index is 13.8. The number of hydrogen-bond donors (Lipinski definition) is 1. The molecule has 1 aliphatic heterocycles. The molecule has 0 radical (unpaired) electrons. The number of carbonyl (C=O) groups excluding carboxylic acids is 1. The van der Waals surface area contributed by atoms with E-state index in [-0.39, 0.29) is 11.9 Å². The van der Waals surface area contributed by atoms with Gasteiger partial charge in [0.25, 0.3) is 5.91 Å². The van der Waals surface area contributed by atoms with Gasteiger partial charge in [0.05, 0.1) is 19.1 Å². The number of nitrogens with one attached hydrogen (secondary N) is 1. The van der Waals surface area contributed by atoms with Gasteiger partial charge in [-0.2, -0.15) is 0 Å². The van der Waals surface area contributed by atoms with E-state index in [0.29, 0.717) is 12.2 Å². The van der Waals surface area contributed by atoms with Crippen molar-refractivity contribution in [3.8, 4) is 5.75 Å². The molecule has 2 aromatic heterocycles. The van der Waals surface area contributed by atoms with Crippen molar-refractivity contribution in [2.24, 2.45) is 7.05 Å². The number of ether oxygens (including phenoxy) is 1. The summed E-state index contributed by atoms with van der Waals surface area (Å²) in [6.07, 6.45) is 2.48. The lowest BCUT2D eigenvalue weighted by atomic mass is 9.95. The number of carbonyl (C=O) groups is 1. The Balaban J connectivity index is 1.59. The highest BCUT2D eigenvalue weighted by molar-refractivity contribution is 5.99. The third-order valence-corrected chi connectivity index (χ3v) is 6.03. The molecule has 0 aliphatic carbocycles. The molecular formula is C24H24N4O2. The zero-order valence-electron chi connectivity index (χ0n) is 17.3. The van der Waals surface area contributed by atoms with Crippen LogP contribution in [-0.4, -0.2) is 39.0 Å². The molecule has 1 N–H and O–H groups in total. The number of aromatic amines is 1. The highest BCUT2D eigenvalue weighted by atomic mass is 16.5. The minimum atomic E-state index is -0.238. The fraction of sp³-hybridized carbons (Fsp3) is 0.250. The molecule has 1 aliphatic rings. The smallest absolute Gasteiger partial charge is 0.271 e. The van der Waals surface area contributed by atoms with Crippen molar-refractivity contribution in [1.82, 2.24) is 19.4 Å². The Kier molecular flexibility index (Phi) is 4.35. The fourth-order valence-corrected chi connectivity index (χ4v) is 4.44. The minimum absolute atomic E-state index is 0.0146. The van der Waals surface area contributed by atoms with Gasteiger partial charge in [0.2, 0.25) is 0 Å². The van der Waals surface area contributed by atoms with Crippen molar-refractivity contribution in [3.63, 3.8) is 0 Å². The predicted octanol–water partition coefficient (Wildman–Crippen LogP) is 4.01. The molecule has 0 saturated carbocycles. The molecule has 1 atom stereocenters. The van der Waals surface area contributed by atoms with Crippen molar-refractivity contribution in [2.75, 3.05) is 13.7 Å². The summed E-state index contributed by atoms with van der Waals surface area (Å²) in [6, 6.07) is 15.9. The number of imidazole rings is 1. The number of methoxy groups -OCH3 is 1. The largest absolute Gasteiger partial charge is 0.497 e. The van der Waals surface area contributed by atoms with E-state index in [2.05, 4.69) is 35.1 Å². The Bertz CT molecular complexity index is 1240. The van der Waals surface area contributed by atoms with Gasteiger partial charge < -0.3 is 19.2 Å². The van der Waals surface area contributed by atoms with Crippen molar-refractivity contribution >= 4 is 16.8 Å². The Hall–Kier alpha value is -3.54. The zero-order valence-corrected chi connectivity index (χ0v) is 17.3. The molecule has 3 heterocycles. The Labute approximate surface area is 175 Å².